The molecule has 3 N–H and O–H groups in total. The fourth-order valence-electron chi connectivity index (χ4n) is 5.37. The number of nitrogens with one attached hydrogen (secondary N) is 3. The number of anilines is 4. The second-order valence-corrected chi connectivity index (χ2v) is 12.7. The monoisotopic (exact) mass is 637 g/mol. The summed E-state index contributed by atoms with van der Waals surface area (Å²) in [5, 5.41) is 15.7. The Labute approximate surface area is 277 Å². The highest BCUT2D eigenvalue weighted by molar-refractivity contribution is 6.07. The molecule has 0 atom stereocenters. The number of rotatable bonds is 7. The number of nitrogens with zero attached hydrogens (tertiary/aromatic N) is 6. The van der Waals surface area contributed by atoms with Crippen LogP contribution in [-0.2, 0) is 12.5 Å². The van der Waals surface area contributed by atoms with Crippen LogP contribution in [0.4, 0.5) is 27.9 Å². The van der Waals surface area contributed by atoms with Crippen LogP contribution in [0.2, 0.25) is 0 Å². The van der Waals surface area contributed by atoms with E-state index in [1.807, 2.05) is 103 Å². The zero-order chi connectivity index (χ0) is 33.4. The zero-order valence-electron chi connectivity index (χ0n) is 27.3. The van der Waals surface area contributed by atoms with Gasteiger partial charge in [-0.05, 0) is 49.4 Å². The molecular weight excluding hydrogens is 602 g/mol. The summed E-state index contributed by atoms with van der Waals surface area (Å²) >= 11 is 0. The molecule has 3 heterocycles. The van der Waals surface area contributed by atoms with E-state index >= 15 is 0 Å². The minimum Gasteiger partial charge on any atom is -0.438 e. The van der Waals surface area contributed by atoms with Crippen molar-refractivity contribution in [3.05, 3.63) is 115 Å². The normalized spacial score (nSPS) is 11.5. The molecule has 0 aliphatic carbocycles. The molecule has 48 heavy (non-hydrogen) atoms. The van der Waals surface area contributed by atoms with Crippen LogP contribution in [0.25, 0.3) is 27.5 Å². The Morgan fingerprint density at radius 3 is 2.44 bits per heavy atom. The highest BCUT2D eigenvalue weighted by atomic mass is 16.5. The maximum absolute atomic E-state index is 13.4. The molecule has 3 aromatic heterocycles. The largest absolute Gasteiger partial charge is 0.438 e. The first-order valence-corrected chi connectivity index (χ1v) is 15.6. The average molecular weight is 638 g/mol. The number of carbonyl (C=O) groups excluding carboxylic acids is 1. The highest BCUT2D eigenvalue weighted by Crippen LogP contribution is 2.35. The number of carbonyl (C=O) groups is 1. The molecule has 0 fully saturated rings. The lowest BCUT2D eigenvalue weighted by Crippen LogP contribution is -2.21. The third-order valence-electron chi connectivity index (χ3n) is 7.96. The van der Waals surface area contributed by atoms with Crippen LogP contribution in [0, 0.1) is 6.92 Å². The van der Waals surface area contributed by atoms with Gasteiger partial charge in [-0.15, -0.1) is 0 Å². The Morgan fingerprint density at radius 1 is 0.854 bits per heavy atom. The molecule has 7 rings (SSSR count). The Kier molecular flexibility index (Phi) is 7.72. The summed E-state index contributed by atoms with van der Waals surface area (Å²) < 4.78 is 9.99. The van der Waals surface area contributed by atoms with Crippen LogP contribution < -0.4 is 20.7 Å². The summed E-state index contributed by atoms with van der Waals surface area (Å²) in [4.78, 5) is 26.8. The first kappa shape index (κ1) is 30.4. The van der Waals surface area contributed by atoms with Crippen molar-refractivity contribution in [1.82, 2.24) is 29.3 Å². The van der Waals surface area contributed by atoms with Crippen LogP contribution in [0.15, 0.2) is 104 Å². The van der Waals surface area contributed by atoms with Gasteiger partial charge in [0.25, 0.3) is 0 Å². The van der Waals surface area contributed by atoms with Gasteiger partial charge in [-0.1, -0.05) is 62.7 Å². The number of benzene rings is 4. The molecule has 0 aliphatic heterocycles. The molecule has 0 saturated heterocycles. The minimum atomic E-state index is -0.391. The SMILES string of the molecule is Cc1ccc(-n2nc(C(C)(C)C)cc2NC(=O)Nc2ccc(Oc3ccnc(Nc4ccc5c(c4)ncn5C)n3)c3ccccc23)cc1. The van der Waals surface area contributed by atoms with Crippen molar-refractivity contribution in [2.75, 3.05) is 16.0 Å². The van der Waals surface area contributed by atoms with E-state index in [4.69, 9.17) is 9.84 Å². The molecule has 240 valence electrons. The number of aryl methyl sites for hydroxylation is 2. The summed E-state index contributed by atoms with van der Waals surface area (Å²) in [6.07, 6.45) is 3.42. The molecule has 0 aliphatic rings. The summed E-state index contributed by atoms with van der Waals surface area (Å²) in [6.45, 7) is 8.32. The van der Waals surface area contributed by atoms with Gasteiger partial charge < -0.3 is 19.9 Å². The molecule has 0 bridgehead atoms. The molecule has 11 nitrogen and oxygen atoms in total. The van der Waals surface area contributed by atoms with Crippen molar-refractivity contribution in [2.24, 2.45) is 7.05 Å². The van der Waals surface area contributed by atoms with Crippen LogP contribution in [0.3, 0.4) is 0 Å². The lowest BCUT2D eigenvalue weighted by Gasteiger charge is -2.14. The quantitative estimate of drug-likeness (QED) is 0.160. The van der Waals surface area contributed by atoms with Gasteiger partial charge in [0.15, 0.2) is 0 Å². The van der Waals surface area contributed by atoms with Crippen molar-refractivity contribution in [3.8, 4) is 17.3 Å². The molecule has 2 amide bonds. The molecule has 11 heteroatoms. The number of hydrogen-bond donors (Lipinski definition) is 3. The van der Waals surface area contributed by atoms with Crippen molar-refractivity contribution < 1.29 is 9.53 Å². The topological polar surface area (TPSA) is 124 Å². The number of hydrogen-bond acceptors (Lipinski definition) is 7. The van der Waals surface area contributed by atoms with E-state index in [2.05, 4.69) is 51.7 Å². The van der Waals surface area contributed by atoms with Gasteiger partial charge >= 0.3 is 6.03 Å². The first-order valence-electron chi connectivity index (χ1n) is 15.6. The zero-order valence-corrected chi connectivity index (χ0v) is 27.3. The second kappa shape index (κ2) is 12.2. The van der Waals surface area contributed by atoms with Crippen LogP contribution in [0.1, 0.15) is 32.0 Å². The van der Waals surface area contributed by atoms with Crippen LogP contribution >= 0.6 is 0 Å². The fourth-order valence-corrected chi connectivity index (χ4v) is 5.37. The molecule has 0 unspecified atom stereocenters. The van der Waals surface area contributed by atoms with E-state index in [9.17, 15) is 4.79 Å². The van der Waals surface area contributed by atoms with Crippen molar-refractivity contribution in [3.63, 3.8) is 0 Å². The number of imidazole rings is 1. The van der Waals surface area contributed by atoms with Gasteiger partial charge in [-0.25, -0.2) is 19.4 Å². The molecule has 7 aromatic rings. The lowest BCUT2D eigenvalue weighted by molar-refractivity contribution is 0.262. The Morgan fingerprint density at radius 2 is 1.65 bits per heavy atom. The van der Waals surface area contributed by atoms with Gasteiger partial charge in [0.1, 0.15) is 11.6 Å². The van der Waals surface area contributed by atoms with E-state index in [1.54, 1.807) is 23.3 Å². The summed E-state index contributed by atoms with van der Waals surface area (Å²) in [6, 6.07) is 28.5. The summed E-state index contributed by atoms with van der Waals surface area (Å²) in [5.41, 5.74) is 6.00. The van der Waals surface area contributed by atoms with E-state index in [0.29, 0.717) is 29.1 Å². The fraction of sp³-hybridized carbons (Fsp3) is 0.162. The molecular formula is C37H35N9O2. The van der Waals surface area contributed by atoms with Crippen molar-refractivity contribution >= 4 is 51.0 Å². The molecule has 0 radical (unpaired) electrons. The van der Waals surface area contributed by atoms with Crippen molar-refractivity contribution in [1.29, 1.82) is 0 Å². The van der Waals surface area contributed by atoms with E-state index in [1.165, 1.54) is 0 Å². The lowest BCUT2D eigenvalue weighted by atomic mass is 9.92. The predicted octanol–water partition coefficient (Wildman–Crippen LogP) is 8.49. The number of amides is 2. The molecule has 0 spiro atoms. The number of ether oxygens (including phenoxy) is 1. The predicted molar refractivity (Wildman–Crippen MR) is 190 cm³/mol. The maximum atomic E-state index is 13.4. The first-order chi connectivity index (χ1) is 23.1. The third-order valence-corrected chi connectivity index (χ3v) is 7.96. The maximum Gasteiger partial charge on any atom is 0.324 e. The third kappa shape index (κ3) is 6.25. The Balaban J connectivity index is 1.11. The van der Waals surface area contributed by atoms with Crippen LogP contribution in [-0.4, -0.2) is 35.3 Å². The van der Waals surface area contributed by atoms with E-state index in [0.717, 1.165) is 44.4 Å². The van der Waals surface area contributed by atoms with Gasteiger partial charge in [-0.3, -0.25) is 5.32 Å². The van der Waals surface area contributed by atoms with Crippen molar-refractivity contribution in [2.45, 2.75) is 33.1 Å². The van der Waals surface area contributed by atoms with Gasteiger partial charge in [0, 0.05) is 47.3 Å². The van der Waals surface area contributed by atoms with Crippen LogP contribution in [0.5, 0.6) is 11.6 Å². The highest BCUT2D eigenvalue weighted by Gasteiger charge is 2.22. The van der Waals surface area contributed by atoms with Gasteiger partial charge in [-0.2, -0.15) is 10.1 Å². The minimum absolute atomic E-state index is 0.205. The molecule has 0 saturated carbocycles. The van der Waals surface area contributed by atoms with Gasteiger partial charge in [0.2, 0.25) is 11.8 Å². The van der Waals surface area contributed by atoms with Gasteiger partial charge in [0.05, 0.1) is 34.4 Å². The smallest absolute Gasteiger partial charge is 0.324 e. The Hall–Kier alpha value is -6.23. The Bertz CT molecular complexity index is 2280. The van der Waals surface area contributed by atoms with E-state index in [-0.39, 0.29) is 5.41 Å². The average Bonchev–Trinajstić information content (AvgIpc) is 3.66. The molecule has 4 aromatic carbocycles. The standard InChI is InChI=1S/C37H35N9O2/c1-23-10-13-25(14-11-23)46-33(21-32(44-46)37(2,3)4)42-36(47)41-28-15-17-31(27-9-7-6-8-26(27)28)48-34-18-19-38-35(43-34)40-24-12-16-30-29(20-24)39-22-45(30)5/h6-22H,1-5H3,(H,38,40,43)(H2,41,42,47). The van der Waals surface area contributed by atoms with E-state index < -0.39 is 6.03 Å². The summed E-state index contributed by atoms with van der Waals surface area (Å²) in [7, 11) is 1.96. The number of fused-ring (bicyclic) bond motifs is 2. The number of aromatic nitrogens is 6. The summed E-state index contributed by atoms with van der Waals surface area (Å²) in [5.74, 6) is 1.91. The second-order valence-electron chi connectivity index (χ2n) is 12.7. The number of urea groups is 1.